The number of nitrogens with zero attached hydrogens (tertiary/aromatic N) is 1. The third kappa shape index (κ3) is 4.62. The minimum atomic E-state index is -0.251. The van der Waals surface area contributed by atoms with Gasteiger partial charge in [-0.15, -0.1) is 0 Å². The second kappa shape index (κ2) is 5.60. The van der Waals surface area contributed by atoms with Gasteiger partial charge in [-0.1, -0.05) is 5.92 Å². The topological polar surface area (TPSA) is 74.8 Å². The van der Waals surface area contributed by atoms with Crippen LogP contribution in [0.15, 0.2) is 17.2 Å². The Labute approximate surface area is 86.9 Å². The summed E-state index contributed by atoms with van der Waals surface area (Å²) < 4.78 is 0. The van der Waals surface area contributed by atoms with E-state index in [0.29, 0.717) is 18.7 Å². The van der Waals surface area contributed by atoms with E-state index in [2.05, 4.69) is 27.1 Å². The summed E-state index contributed by atoms with van der Waals surface area (Å²) >= 11 is 0. The lowest BCUT2D eigenvalue weighted by Crippen LogP contribution is -2.20. The van der Waals surface area contributed by atoms with Crippen LogP contribution in [0.2, 0.25) is 0 Å². The first-order valence-electron chi connectivity index (χ1n) is 4.46. The maximum atomic E-state index is 10.7. The summed E-state index contributed by atoms with van der Waals surface area (Å²) in [5, 5.41) is 2.62. The number of hydrogen-bond donors (Lipinski definition) is 2. The van der Waals surface area contributed by atoms with E-state index in [0.717, 1.165) is 0 Å². The van der Waals surface area contributed by atoms with Gasteiger partial charge in [-0.3, -0.25) is 9.59 Å². The summed E-state index contributed by atoms with van der Waals surface area (Å²) in [5.41, 5.74) is 0.260. The van der Waals surface area contributed by atoms with Crippen LogP contribution in [0.25, 0.3) is 0 Å². The van der Waals surface area contributed by atoms with Crippen molar-refractivity contribution in [3.8, 4) is 11.8 Å². The average Bonchev–Trinajstić information content (AvgIpc) is 2.20. The van der Waals surface area contributed by atoms with Crippen LogP contribution in [-0.2, 0) is 4.79 Å². The SMILES string of the molecule is CC(=O)NCCC#Cc1c[nH]c(=O)cn1. The highest BCUT2D eigenvalue weighted by molar-refractivity contribution is 5.72. The summed E-state index contributed by atoms with van der Waals surface area (Å²) in [7, 11) is 0. The Morgan fingerprint density at radius 1 is 1.67 bits per heavy atom. The van der Waals surface area contributed by atoms with E-state index >= 15 is 0 Å². The molecule has 5 heteroatoms. The molecule has 0 saturated carbocycles. The zero-order valence-electron chi connectivity index (χ0n) is 8.33. The summed E-state index contributed by atoms with van der Waals surface area (Å²) in [4.78, 5) is 27.4. The largest absolute Gasteiger partial charge is 0.355 e. The molecule has 2 N–H and O–H groups in total. The standard InChI is InChI=1S/C10H11N3O2/c1-8(14)11-5-3-2-4-9-6-13-10(15)7-12-9/h6-7H,3,5H2,1H3,(H,11,14)(H,13,15). The molecule has 0 radical (unpaired) electrons. The summed E-state index contributed by atoms with van der Waals surface area (Å²) in [6.07, 6.45) is 3.19. The van der Waals surface area contributed by atoms with Crippen LogP contribution in [0, 0.1) is 11.8 Å². The third-order valence-corrected chi connectivity index (χ3v) is 1.51. The number of aromatic nitrogens is 2. The monoisotopic (exact) mass is 205 g/mol. The molecule has 0 atom stereocenters. The predicted octanol–water partition coefficient (Wildman–Crippen LogP) is -0.352. The molecule has 0 saturated heterocycles. The van der Waals surface area contributed by atoms with Crippen LogP contribution in [-0.4, -0.2) is 22.4 Å². The molecular formula is C10H11N3O2. The van der Waals surface area contributed by atoms with Gasteiger partial charge in [0.1, 0.15) is 5.69 Å². The first-order valence-corrected chi connectivity index (χ1v) is 4.46. The third-order valence-electron chi connectivity index (χ3n) is 1.51. The van der Waals surface area contributed by atoms with Crippen LogP contribution < -0.4 is 10.9 Å². The van der Waals surface area contributed by atoms with E-state index in [1.807, 2.05) is 0 Å². The van der Waals surface area contributed by atoms with E-state index in [1.54, 1.807) is 0 Å². The zero-order chi connectivity index (χ0) is 11.1. The Kier molecular flexibility index (Phi) is 4.10. The Balaban J connectivity index is 2.41. The van der Waals surface area contributed by atoms with E-state index in [-0.39, 0.29) is 11.5 Å². The number of aromatic amines is 1. The molecule has 1 aromatic rings. The van der Waals surface area contributed by atoms with Crippen LogP contribution in [0.5, 0.6) is 0 Å². The normalized spacial score (nSPS) is 8.87. The molecule has 0 aliphatic carbocycles. The van der Waals surface area contributed by atoms with Gasteiger partial charge in [0.05, 0.1) is 6.20 Å². The van der Waals surface area contributed by atoms with E-state index in [9.17, 15) is 9.59 Å². The van der Waals surface area contributed by atoms with Crippen molar-refractivity contribution in [2.75, 3.05) is 6.54 Å². The fourth-order valence-corrected chi connectivity index (χ4v) is 0.865. The Morgan fingerprint density at radius 3 is 3.07 bits per heavy atom. The van der Waals surface area contributed by atoms with E-state index in [4.69, 9.17) is 0 Å². The molecule has 0 spiro atoms. The lowest BCUT2D eigenvalue weighted by molar-refractivity contribution is -0.118. The van der Waals surface area contributed by atoms with Crippen molar-refractivity contribution < 1.29 is 4.79 Å². The number of hydrogen-bond acceptors (Lipinski definition) is 3. The molecule has 0 aliphatic rings. The first-order chi connectivity index (χ1) is 7.18. The van der Waals surface area contributed by atoms with Crippen molar-refractivity contribution >= 4 is 5.91 Å². The number of carbonyl (C=O) groups is 1. The quantitative estimate of drug-likeness (QED) is 0.511. The van der Waals surface area contributed by atoms with Crippen molar-refractivity contribution in [2.24, 2.45) is 0 Å². The maximum Gasteiger partial charge on any atom is 0.266 e. The lowest BCUT2D eigenvalue weighted by Gasteiger charge is -1.94. The van der Waals surface area contributed by atoms with Gasteiger partial charge in [0.2, 0.25) is 5.91 Å². The summed E-state index contributed by atoms with van der Waals surface area (Å²) in [6, 6.07) is 0. The van der Waals surface area contributed by atoms with Gasteiger partial charge in [-0.2, -0.15) is 0 Å². The van der Waals surface area contributed by atoms with Crippen molar-refractivity contribution in [3.05, 3.63) is 28.4 Å². The van der Waals surface area contributed by atoms with Crippen LogP contribution in [0.3, 0.4) is 0 Å². The van der Waals surface area contributed by atoms with Gasteiger partial charge in [0.15, 0.2) is 0 Å². The van der Waals surface area contributed by atoms with Crippen molar-refractivity contribution in [2.45, 2.75) is 13.3 Å². The Hall–Kier alpha value is -2.09. The number of amides is 1. The molecule has 0 fully saturated rings. The molecule has 0 bridgehead atoms. The fourth-order valence-electron chi connectivity index (χ4n) is 0.865. The molecule has 1 heterocycles. The van der Waals surface area contributed by atoms with Gasteiger partial charge in [-0.25, -0.2) is 4.98 Å². The highest BCUT2D eigenvalue weighted by Gasteiger charge is 1.88. The summed E-state index contributed by atoms with van der Waals surface area (Å²) in [6.45, 7) is 1.97. The molecule has 1 amide bonds. The van der Waals surface area contributed by atoms with Gasteiger partial charge >= 0.3 is 0 Å². The van der Waals surface area contributed by atoms with E-state index in [1.165, 1.54) is 19.3 Å². The predicted molar refractivity (Wildman–Crippen MR) is 55.0 cm³/mol. The second-order valence-electron chi connectivity index (χ2n) is 2.83. The van der Waals surface area contributed by atoms with Gasteiger partial charge in [-0.05, 0) is 5.92 Å². The average molecular weight is 205 g/mol. The van der Waals surface area contributed by atoms with Gasteiger partial charge in [0.25, 0.3) is 5.56 Å². The molecular weight excluding hydrogens is 194 g/mol. The highest BCUT2D eigenvalue weighted by atomic mass is 16.1. The number of H-pyrrole nitrogens is 1. The lowest BCUT2D eigenvalue weighted by atomic mass is 10.3. The number of nitrogens with one attached hydrogen (secondary N) is 2. The fraction of sp³-hybridized carbons (Fsp3) is 0.300. The molecule has 1 aromatic heterocycles. The minimum absolute atomic E-state index is 0.0704. The number of carbonyl (C=O) groups excluding carboxylic acids is 1. The van der Waals surface area contributed by atoms with Gasteiger partial charge in [0, 0.05) is 26.1 Å². The van der Waals surface area contributed by atoms with Crippen molar-refractivity contribution in [1.29, 1.82) is 0 Å². The van der Waals surface area contributed by atoms with Crippen LogP contribution in [0.1, 0.15) is 19.0 Å². The van der Waals surface area contributed by atoms with Crippen LogP contribution >= 0.6 is 0 Å². The highest BCUT2D eigenvalue weighted by Crippen LogP contribution is 1.83. The van der Waals surface area contributed by atoms with Crippen molar-refractivity contribution in [3.63, 3.8) is 0 Å². The zero-order valence-corrected chi connectivity index (χ0v) is 8.33. The summed E-state index contributed by atoms with van der Waals surface area (Å²) in [5.74, 6) is 5.52. The van der Waals surface area contributed by atoms with E-state index < -0.39 is 0 Å². The Bertz CT molecular complexity index is 433. The molecule has 5 nitrogen and oxygen atoms in total. The maximum absolute atomic E-state index is 10.7. The molecule has 78 valence electrons. The Morgan fingerprint density at radius 2 is 2.47 bits per heavy atom. The minimum Gasteiger partial charge on any atom is -0.355 e. The first kappa shape index (κ1) is 11.0. The number of rotatable bonds is 2. The van der Waals surface area contributed by atoms with Crippen molar-refractivity contribution in [1.82, 2.24) is 15.3 Å². The second-order valence-corrected chi connectivity index (χ2v) is 2.83. The molecule has 0 aliphatic heterocycles. The molecule has 1 rings (SSSR count). The molecule has 15 heavy (non-hydrogen) atoms. The smallest absolute Gasteiger partial charge is 0.266 e. The molecule has 0 aromatic carbocycles. The van der Waals surface area contributed by atoms with Gasteiger partial charge < -0.3 is 10.3 Å². The van der Waals surface area contributed by atoms with Crippen LogP contribution in [0.4, 0.5) is 0 Å². The molecule has 0 unspecified atom stereocenters.